The fraction of sp³-hybridized carbons (Fsp3) is 0.273. The van der Waals surface area contributed by atoms with Crippen molar-refractivity contribution in [3.63, 3.8) is 0 Å². The number of carbonyl (C=O) groups is 1. The number of amides is 1. The summed E-state index contributed by atoms with van der Waals surface area (Å²) in [7, 11) is 1.84. The van der Waals surface area contributed by atoms with Gasteiger partial charge in [-0.05, 0) is 49.6 Å². The first kappa shape index (κ1) is 19.6. The average molecular weight is 437 g/mol. The largest absolute Gasteiger partial charge is 0.357 e. The van der Waals surface area contributed by atoms with E-state index in [1.807, 2.05) is 25.2 Å². The Morgan fingerprint density at radius 3 is 2.84 bits per heavy atom. The van der Waals surface area contributed by atoms with Crippen LogP contribution in [0, 0.1) is 5.82 Å². The number of hydrogen-bond acceptors (Lipinski definition) is 6. The molecule has 158 valence electrons. The van der Waals surface area contributed by atoms with Gasteiger partial charge in [-0.25, -0.2) is 9.37 Å². The maximum atomic E-state index is 13.5. The quantitative estimate of drug-likeness (QED) is 0.509. The molecule has 0 unspecified atom stereocenters. The van der Waals surface area contributed by atoms with Crippen molar-refractivity contribution in [3.05, 3.63) is 66.2 Å². The van der Waals surface area contributed by atoms with Gasteiger partial charge in [-0.2, -0.15) is 15.0 Å². The fourth-order valence-corrected chi connectivity index (χ4v) is 5.15. The summed E-state index contributed by atoms with van der Waals surface area (Å²) < 4.78 is 14.3. The number of hydrogen-bond donors (Lipinski definition) is 1. The number of aromatic nitrogens is 4. The molecule has 0 spiro atoms. The highest BCUT2D eigenvalue weighted by molar-refractivity contribution is 7.22. The summed E-state index contributed by atoms with van der Waals surface area (Å²) in [6, 6.07) is 12.1. The zero-order chi connectivity index (χ0) is 21.4. The van der Waals surface area contributed by atoms with Crippen LogP contribution in [0.15, 0.2) is 54.9 Å². The molecule has 1 aliphatic rings. The summed E-state index contributed by atoms with van der Waals surface area (Å²) in [6.07, 6.45) is 6.04. The van der Waals surface area contributed by atoms with Crippen molar-refractivity contribution in [3.8, 4) is 5.69 Å². The predicted molar refractivity (Wildman–Crippen MR) is 118 cm³/mol. The van der Waals surface area contributed by atoms with Gasteiger partial charge < -0.3 is 10.2 Å². The van der Waals surface area contributed by atoms with Gasteiger partial charge in [0.25, 0.3) is 5.91 Å². The van der Waals surface area contributed by atoms with Crippen LogP contribution in [-0.2, 0) is 0 Å². The lowest BCUT2D eigenvalue weighted by molar-refractivity contribution is 0.0727. The molecule has 2 aromatic carbocycles. The normalized spacial score (nSPS) is 18.4. The third-order valence-corrected chi connectivity index (χ3v) is 6.67. The van der Waals surface area contributed by atoms with E-state index in [0.717, 1.165) is 34.6 Å². The molecule has 5 rings (SSSR count). The van der Waals surface area contributed by atoms with E-state index < -0.39 is 0 Å². The van der Waals surface area contributed by atoms with Gasteiger partial charge in [0.15, 0.2) is 5.13 Å². The maximum absolute atomic E-state index is 13.5. The topological polar surface area (TPSA) is 75.9 Å². The van der Waals surface area contributed by atoms with Gasteiger partial charge in [0.2, 0.25) is 0 Å². The number of halogens is 1. The van der Waals surface area contributed by atoms with E-state index in [4.69, 9.17) is 0 Å². The van der Waals surface area contributed by atoms with Crippen LogP contribution in [-0.4, -0.2) is 49.9 Å². The van der Waals surface area contributed by atoms with E-state index in [1.54, 1.807) is 29.4 Å². The summed E-state index contributed by atoms with van der Waals surface area (Å²) in [5.74, 6) is -0.338. The molecule has 1 amide bonds. The average Bonchev–Trinajstić information content (AvgIpc) is 3.53. The highest BCUT2D eigenvalue weighted by Gasteiger charge is 2.34. The zero-order valence-corrected chi connectivity index (χ0v) is 17.7. The summed E-state index contributed by atoms with van der Waals surface area (Å²) in [5.41, 5.74) is 1.98. The highest BCUT2D eigenvalue weighted by atomic mass is 32.1. The molecule has 0 saturated heterocycles. The van der Waals surface area contributed by atoms with Crippen molar-refractivity contribution in [2.75, 3.05) is 12.4 Å². The minimum absolute atomic E-state index is 0.0230. The Morgan fingerprint density at radius 1 is 1.19 bits per heavy atom. The van der Waals surface area contributed by atoms with Crippen LogP contribution < -0.4 is 5.32 Å². The number of benzene rings is 2. The first-order chi connectivity index (χ1) is 15.1. The SMILES string of the molecule is CN(C(=O)c1ccccc1-n1nccn1)[C@@H]1CCC[C@@H]1Nc1nc2ccc(F)cc2s1. The molecule has 1 N–H and O–H groups in total. The number of anilines is 1. The third kappa shape index (κ3) is 3.76. The molecule has 4 aromatic rings. The van der Waals surface area contributed by atoms with Crippen molar-refractivity contribution >= 4 is 32.6 Å². The van der Waals surface area contributed by atoms with E-state index in [-0.39, 0.29) is 23.8 Å². The molecule has 2 atom stereocenters. The molecule has 7 nitrogen and oxygen atoms in total. The van der Waals surface area contributed by atoms with Gasteiger partial charge in [-0.3, -0.25) is 4.79 Å². The van der Waals surface area contributed by atoms with Gasteiger partial charge in [0.1, 0.15) is 5.82 Å². The molecule has 31 heavy (non-hydrogen) atoms. The second kappa shape index (κ2) is 8.07. The van der Waals surface area contributed by atoms with Crippen molar-refractivity contribution in [1.82, 2.24) is 24.9 Å². The number of fused-ring (bicyclic) bond motifs is 1. The summed E-state index contributed by atoms with van der Waals surface area (Å²) in [6.45, 7) is 0. The number of nitrogens with one attached hydrogen (secondary N) is 1. The van der Waals surface area contributed by atoms with Gasteiger partial charge in [0, 0.05) is 13.1 Å². The van der Waals surface area contributed by atoms with Crippen LogP contribution in [0.3, 0.4) is 0 Å². The Balaban J connectivity index is 1.37. The van der Waals surface area contributed by atoms with Crippen molar-refractivity contribution in [2.45, 2.75) is 31.3 Å². The van der Waals surface area contributed by atoms with E-state index >= 15 is 0 Å². The zero-order valence-electron chi connectivity index (χ0n) is 16.9. The first-order valence-corrected chi connectivity index (χ1v) is 11.0. The van der Waals surface area contributed by atoms with Crippen LogP contribution >= 0.6 is 11.3 Å². The van der Waals surface area contributed by atoms with Crippen LogP contribution in [0.4, 0.5) is 9.52 Å². The van der Waals surface area contributed by atoms with E-state index in [2.05, 4.69) is 20.5 Å². The Labute approximate surface area is 182 Å². The number of carbonyl (C=O) groups excluding carboxylic acids is 1. The smallest absolute Gasteiger partial charge is 0.256 e. The number of thiazole rings is 1. The van der Waals surface area contributed by atoms with Crippen LogP contribution in [0.2, 0.25) is 0 Å². The van der Waals surface area contributed by atoms with E-state index in [1.165, 1.54) is 28.3 Å². The number of rotatable bonds is 5. The standard InChI is InChI=1S/C22H21FN6OS/c1-28(21(30)15-5-2-3-7-18(15)29-24-11-12-25-29)19-8-4-6-16(19)26-22-27-17-10-9-14(23)13-20(17)31-22/h2-3,5,7,9-13,16,19H,4,6,8H2,1H3,(H,26,27)/t16-,19+/m0/s1. The number of para-hydroxylation sites is 1. The Bertz CT molecular complexity index is 1220. The predicted octanol–water partition coefficient (Wildman–Crippen LogP) is 4.12. The summed E-state index contributed by atoms with van der Waals surface area (Å²) in [5, 5.41) is 12.6. The van der Waals surface area contributed by atoms with Gasteiger partial charge in [-0.15, -0.1) is 0 Å². The number of likely N-dealkylation sites (N-methyl/N-ethyl adjacent to an activating group) is 1. The maximum Gasteiger partial charge on any atom is 0.256 e. The summed E-state index contributed by atoms with van der Waals surface area (Å²) in [4.78, 5) is 21.2. The Kier molecular flexibility index (Phi) is 5.11. The van der Waals surface area contributed by atoms with Crippen LogP contribution in [0.5, 0.6) is 0 Å². The molecular formula is C22H21FN6OS. The molecule has 2 aromatic heterocycles. The fourth-order valence-electron chi connectivity index (χ4n) is 4.20. The molecule has 0 bridgehead atoms. The lowest BCUT2D eigenvalue weighted by atomic mass is 10.1. The molecule has 1 aliphatic carbocycles. The molecule has 0 radical (unpaired) electrons. The lowest BCUT2D eigenvalue weighted by Gasteiger charge is -2.30. The first-order valence-electron chi connectivity index (χ1n) is 10.2. The van der Waals surface area contributed by atoms with Crippen molar-refractivity contribution < 1.29 is 9.18 Å². The van der Waals surface area contributed by atoms with Gasteiger partial charge in [-0.1, -0.05) is 23.5 Å². The highest BCUT2D eigenvalue weighted by Crippen LogP contribution is 2.32. The molecule has 9 heteroatoms. The second-order valence-electron chi connectivity index (χ2n) is 7.63. The summed E-state index contributed by atoms with van der Waals surface area (Å²) >= 11 is 1.43. The van der Waals surface area contributed by atoms with Crippen LogP contribution in [0.25, 0.3) is 15.9 Å². The monoisotopic (exact) mass is 436 g/mol. The molecular weight excluding hydrogens is 415 g/mol. The Morgan fingerprint density at radius 2 is 2.00 bits per heavy atom. The molecule has 1 saturated carbocycles. The number of nitrogens with zero attached hydrogens (tertiary/aromatic N) is 5. The van der Waals surface area contributed by atoms with E-state index in [0.29, 0.717) is 11.3 Å². The van der Waals surface area contributed by atoms with Gasteiger partial charge >= 0.3 is 0 Å². The van der Waals surface area contributed by atoms with Crippen molar-refractivity contribution in [1.29, 1.82) is 0 Å². The van der Waals surface area contributed by atoms with Crippen molar-refractivity contribution in [2.24, 2.45) is 0 Å². The second-order valence-corrected chi connectivity index (χ2v) is 8.66. The van der Waals surface area contributed by atoms with E-state index in [9.17, 15) is 9.18 Å². The third-order valence-electron chi connectivity index (χ3n) is 5.73. The minimum atomic E-state index is -0.267. The van der Waals surface area contributed by atoms with Crippen LogP contribution in [0.1, 0.15) is 29.6 Å². The van der Waals surface area contributed by atoms with Gasteiger partial charge in [0.05, 0.1) is 39.9 Å². The lowest BCUT2D eigenvalue weighted by Crippen LogP contribution is -2.44. The minimum Gasteiger partial charge on any atom is -0.357 e. The molecule has 2 heterocycles. The Hall–Kier alpha value is -3.33. The molecule has 1 fully saturated rings. The molecule has 0 aliphatic heterocycles.